The van der Waals surface area contributed by atoms with Gasteiger partial charge in [-0.1, -0.05) is 5.16 Å². The fraction of sp³-hybridized carbons (Fsp3) is 0.471. The number of aryl methyl sites for hydroxylation is 3. The van der Waals surface area contributed by atoms with Crippen molar-refractivity contribution in [1.82, 2.24) is 14.6 Å². The Morgan fingerprint density at radius 1 is 1.33 bits per heavy atom. The third kappa shape index (κ3) is 3.06. The van der Waals surface area contributed by atoms with E-state index in [-0.39, 0.29) is 17.6 Å². The maximum Gasteiger partial charge on any atom is 0.254 e. The van der Waals surface area contributed by atoms with Crippen molar-refractivity contribution in [3.8, 4) is 5.75 Å². The number of aromatic nitrogens is 2. The first-order valence-corrected chi connectivity index (χ1v) is 7.89. The molecule has 0 bridgehead atoms. The van der Waals surface area contributed by atoms with Crippen molar-refractivity contribution < 1.29 is 14.1 Å². The van der Waals surface area contributed by atoms with Crippen molar-refractivity contribution in [2.75, 3.05) is 13.1 Å². The number of pyridine rings is 1. The van der Waals surface area contributed by atoms with Gasteiger partial charge in [0, 0.05) is 24.4 Å². The highest BCUT2D eigenvalue weighted by molar-refractivity contribution is 5.80. The molecule has 0 N–H and O–H groups in total. The van der Waals surface area contributed by atoms with Gasteiger partial charge in [-0.2, -0.15) is 0 Å². The van der Waals surface area contributed by atoms with Crippen molar-refractivity contribution in [3.05, 3.63) is 45.2 Å². The minimum atomic E-state index is -0.101. The monoisotopic (exact) mass is 331 g/mol. The van der Waals surface area contributed by atoms with Crippen LogP contribution in [0.5, 0.6) is 5.75 Å². The SMILES string of the molecule is Cc1noc(C)c1CC(=O)N1CC(Oc2cc(C)n(C)c(=O)c2)C1. The third-order valence-electron chi connectivity index (χ3n) is 4.49. The average molecular weight is 331 g/mol. The van der Waals surface area contributed by atoms with Crippen LogP contribution in [0, 0.1) is 20.8 Å². The molecule has 2 aromatic rings. The second-order valence-electron chi connectivity index (χ2n) is 6.25. The molecule has 1 fully saturated rings. The summed E-state index contributed by atoms with van der Waals surface area (Å²) >= 11 is 0. The van der Waals surface area contributed by atoms with Crippen LogP contribution in [0.1, 0.15) is 22.7 Å². The van der Waals surface area contributed by atoms with Gasteiger partial charge >= 0.3 is 0 Å². The molecule has 0 aromatic carbocycles. The van der Waals surface area contributed by atoms with E-state index < -0.39 is 0 Å². The first-order valence-electron chi connectivity index (χ1n) is 7.89. The minimum Gasteiger partial charge on any atom is -0.486 e. The summed E-state index contributed by atoms with van der Waals surface area (Å²) in [5.41, 5.74) is 2.34. The molecule has 24 heavy (non-hydrogen) atoms. The van der Waals surface area contributed by atoms with Crippen molar-refractivity contribution >= 4 is 5.91 Å². The number of likely N-dealkylation sites (tertiary alicyclic amines) is 1. The normalized spacial score (nSPS) is 14.6. The van der Waals surface area contributed by atoms with Crippen LogP contribution in [0.3, 0.4) is 0 Å². The lowest BCUT2D eigenvalue weighted by Crippen LogP contribution is -2.56. The Hall–Kier alpha value is -2.57. The highest BCUT2D eigenvalue weighted by Crippen LogP contribution is 2.20. The number of rotatable bonds is 4. The van der Waals surface area contributed by atoms with Gasteiger partial charge in [-0.3, -0.25) is 9.59 Å². The van der Waals surface area contributed by atoms with E-state index in [0.29, 0.717) is 31.0 Å². The second-order valence-corrected chi connectivity index (χ2v) is 6.25. The molecule has 0 radical (unpaired) electrons. The van der Waals surface area contributed by atoms with Crippen LogP contribution in [0.2, 0.25) is 0 Å². The molecule has 128 valence electrons. The van der Waals surface area contributed by atoms with Crippen molar-refractivity contribution in [2.24, 2.45) is 7.05 Å². The van der Waals surface area contributed by atoms with E-state index in [9.17, 15) is 9.59 Å². The summed E-state index contributed by atoms with van der Waals surface area (Å²) in [5.74, 6) is 1.27. The Morgan fingerprint density at radius 2 is 2.04 bits per heavy atom. The number of carbonyl (C=O) groups is 1. The second kappa shape index (κ2) is 6.14. The lowest BCUT2D eigenvalue weighted by atomic mass is 10.1. The predicted molar refractivity (Wildman–Crippen MR) is 87.1 cm³/mol. The topological polar surface area (TPSA) is 77.6 Å². The fourth-order valence-corrected chi connectivity index (χ4v) is 2.73. The Kier molecular flexibility index (Phi) is 4.17. The summed E-state index contributed by atoms with van der Waals surface area (Å²) < 4.78 is 12.4. The van der Waals surface area contributed by atoms with E-state index in [1.54, 1.807) is 16.5 Å². The molecular weight excluding hydrogens is 310 g/mol. The molecule has 1 aliphatic rings. The Balaban J connectivity index is 1.56. The Morgan fingerprint density at radius 3 is 2.62 bits per heavy atom. The molecule has 3 heterocycles. The Labute approximate surface area is 139 Å². The highest BCUT2D eigenvalue weighted by atomic mass is 16.5. The molecule has 1 amide bonds. The number of carbonyl (C=O) groups excluding carboxylic acids is 1. The number of nitrogens with zero attached hydrogens (tertiary/aromatic N) is 3. The maximum atomic E-state index is 12.3. The quantitative estimate of drug-likeness (QED) is 0.839. The summed E-state index contributed by atoms with van der Waals surface area (Å²) in [6.45, 7) is 6.55. The number of amides is 1. The molecule has 0 spiro atoms. The van der Waals surface area contributed by atoms with E-state index in [0.717, 1.165) is 17.0 Å². The van der Waals surface area contributed by atoms with E-state index in [2.05, 4.69) is 5.16 Å². The number of hydrogen-bond donors (Lipinski definition) is 0. The fourth-order valence-electron chi connectivity index (χ4n) is 2.73. The summed E-state index contributed by atoms with van der Waals surface area (Å²) in [4.78, 5) is 25.8. The van der Waals surface area contributed by atoms with Crippen molar-refractivity contribution in [3.63, 3.8) is 0 Å². The van der Waals surface area contributed by atoms with E-state index in [4.69, 9.17) is 9.26 Å². The Bertz CT molecular complexity index is 811. The molecule has 0 saturated carbocycles. The smallest absolute Gasteiger partial charge is 0.254 e. The summed E-state index contributed by atoms with van der Waals surface area (Å²) in [6.07, 6.45) is 0.212. The average Bonchev–Trinajstić information content (AvgIpc) is 2.79. The molecule has 0 atom stereocenters. The van der Waals surface area contributed by atoms with Crippen LogP contribution in [0.15, 0.2) is 21.5 Å². The lowest BCUT2D eigenvalue weighted by molar-refractivity contribution is -0.139. The van der Waals surface area contributed by atoms with Gasteiger partial charge in [0.15, 0.2) is 0 Å². The van der Waals surface area contributed by atoms with Crippen LogP contribution in [-0.2, 0) is 18.3 Å². The van der Waals surface area contributed by atoms with Crippen molar-refractivity contribution in [1.29, 1.82) is 0 Å². The molecule has 0 aliphatic carbocycles. The molecular formula is C17H21N3O4. The van der Waals surface area contributed by atoms with Gasteiger partial charge < -0.3 is 18.7 Å². The first kappa shape index (κ1) is 16.3. The lowest BCUT2D eigenvalue weighted by Gasteiger charge is -2.39. The zero-order valence-electron chi connectivity index (χ0n) is 14.3. The summed E-state index contributed by atoms with van der Waals surface area (Å²) in [5, 5.41) is 3.86. The van der Waals surface area contributed by atoms with Crippen molar-refractivity contribution in [2.45, 2.75) is 33.3 Å². The maximum absolute atomic E-state index is 12.3. The molecule has 0 unspecified atom stereocenters. The van der Waals surface area contributed by atoms with Gasteiger partial charge in [-0.25, -0.2) is 0 Å². The zero-order valence-corrected chi connectivity index (χ0v) is 14.3. The minimum absolute atomic E-state index is 0.0319. The van der Waals surface area contributed by atoms with Crippen LogP contribution in [0.4, 0.5) is 0 Å². The van der Waals surface area contributed by atoms with Crippen LogP contribution in [0.25, 0.3) is 0 Å². The van der Waals surface area contributed by atoms with Gasteiger partial charge in [0.25, 0.3) is 5.56 Å². The summed E-state index contributed by atoms with van der Waals surface area (Å²) in [7, 11) is 1.72. The van der Waals surface area contributed by atoms with Gasteiger partial charge in [-0.15, -0.1) is 0 Å². The highest BCUT2D eigenvalue weighted by Gasteiger charge is 2.33. The number of hydrogen-bond acceptors (Lipinski definition) is 5. The van der Waals surface area contributed by atoms with Gasteiger partial charge in [-0.05, 0) is 26.8 Å². The molecule has 7 nitrogen and oxygen atoms in total. The largest absolute Gasteiger partial charge is 0.486 e. The first-order chi connectivity index (χ1) is 11.3. The van der Waals surface area contributed by atoms with E-state index >= 15 is 0 Å². The van der Waals surface area contributed by atoms with Crippen LogP contribution < -0.4 is 10.3 Å². The van der Waals surface area contributed by atoms with Gasteiger partial charge in [0.2, 0.25) is 5.91 Å². The summed E-state index contributed by atoms with van der Waals surface area (Å²) in [6, 6.07) is 3.30. The predicted octanol–water partition coefficient (Wildman–Crippen LogP) is 1.13. The third-order valence-corrected chi connectivity index (χ3v) is 4.49. The number of ether oxygens (including phenoxy) is 1. The van der Waals surface area contributed by atoms with E-state index in [1.165, 1.54) is 6.07 Å². The van der Waals surface area contributed by atoms with Gasteiger partial charge in [0.05, 0.1) is 25.2 Å². The zero-order chi connectivity index (χ0) is 17.4. The van der Waals surface area contributed by atoms with Gasteiger partial charge in [0.1, 0.15) is 17.6 Å². The molecule has 3 rings (SSSR count). The molecule has 7 heteroatoms. The molecule has 1 saturated heterocycles. The molecule has 2 aromatic heterocycles. The van der Waals surface area contributed by atoms with E-state index in [1.807, 2.05) is 26.8 Å². The molecule has 1 aliphatic heterocycles. The van der Waals surface area contributed by atoms with Crippen LogP contribution in [-0.4, -0.2) is 39.7 Å². The van der Waals surface area contributed by atoms with Crippen LogP contribution >= 0.6 is 0 Å². The standard InChI is InChI=1S/C17H21N3O4/c1-10-5-13(6-16(21)19(10)4)23-14-8-20(9-14)17(22)7-15-11(2)18-24-12(15)3/h5-6,14H,7-9H2,1-4H3.